The first-order valence-corrected chi connectivity index (χ1v) is 10.9. The first kappa shape index (κ1) is 21.6. The van der Waals surface area contributed by atoms with Crippen LogP contribution in [0.1, 0.15) is 27.9 Å². The van der Waals surface area contributed by atoms with Gasteiger partial charge in [-0.1, -0.05) is 23.7 Å². The maximum atomic E-state index is 13.2. The Kier molecular flexibility index (Phi) is 6.79. The molecule has 1 aliphatic heterocycles. The smallest absolute Gasteiger partial charge is 0.337 e. The quantitative estimate of drug-likeness (QED) is 0.648. The number of halogens is 1. The van der Waals surface area contributed by atoms with Gasteiger partial charge >= 0.3 is 5.97 Å². The van der Waals surface area contributed by atoms with E-state index >= 15 is 0 Å². The number of benzene rings is 2. The molecule has 0 spiro atoms. The van der Waals surface area contributed by atoms with E-state index in [1.807, 2.05) is 12.1 Å². The largest absolute Gasteiger partial charge is 0.496 e. The summed E-state index contributed by atoms with van der Waals surface area (Å²) in [5.74, 6) is 0.0300. The molecule has 29 heavy (non-hydrogen) atoms. The van der Waals surface area contributed by atoms with Crippen LogP contribution in [0, 0.1) is 0 Å². The molecule has 0 radical (unpaired) electrons. The molecule has 0 aromatic heterocycles. The molecular weight excluding hydrogens is 416 g/mol. The van der Waals surface area contributed by atoms with Gasteiger partial charge in [0, 0.05) is 36.8 Å². The number of carbonyl (C=O) groups excluding carboxylic acids is 1. The first-order chi connectivity index (χ1) is 13.8. The average Bonchev–Trinajstić information content (AvgIpc) is 2.72. The summed E-state index contributed by atoms with van der Waals surface area (Å²) in [7, 11) is -0.863. The maximum Gasteiger partial charge on any atom is 0.337 e. The van der Waals surface area contributed by atoms with Gasteiger partial charge in [-0.3, -0.25) is 0 Å². The summed E-state index contributed by atoms with van der Waals surface area (Å²) in [6, 6.07) is 12.0. The van der Waals surface area contributed by atoms with Crippen LogP contribution < -0.4 is 4.74 Å². The Morgan fingerprint density at radius 1 is 1.03 bits per heavy atom. The molecule has 0 atom stereocenters. The number of esters is 1. The minimum Gasteiger partial charge on any atom is -0.496 e. The summed E-state index contributed by atoms with van der Waals surface area (Å²) >= 11 is 5.91. The van der Waals surface area contributed by atoms with Crippen molar-refractivity contribution in [2.24, 2.45) is 0 Å². The van der Waals surface area contributed by atoms with Crippen molar-refractivity contribution in [3.8, 4) is 5.75 Å². The van der Waals surface area contributed by atoms with Gasteiger partial charge in [0.25, 0.3) is 10.2 Å². The standard InChI is InChI=1S/C20H23ClN2O5S/c1-27-19-9-6-16(20(24)28-2)12-17(19)14-23-11-3-10-22(29(23,25)26)13-15-4-7-18(21)8-5-15/h4-9,12H,3,10-11,13-14H2,1-2H3. The van der Waals surface area contributed by atoms with E-state index in [1.165, 1.54) is 22.8 Å². The molecule has 1 fully saturated rings. The van der Waals surface area contributed by atoms with Crippen molar-refractivity contribution in [1.29, 1.82) is 0 Å². The molecule has 3 rings (SSSR count). The van der Waals surface area contributed by atoms with Crippen LogP contribution in [0.25, 0.3) is 0 Å². The molecule has 1 heterocycles. The van der Waals surface area contributed by atoms with E-state index in [1.54, 1.807) is 30.3 Å². The van der Waals surface area contributed by atoms with Crippen LogP contribution in [0.5, 0.6) is 5.75 Å². The van der Waals surface area contributed by atoms with Crippen molar-refractivity contribution in [3.05, 3.63) is 64.2 Å². The van der Waals surface area contributed by atoms with Crippen molar-refractivity contribution in [3.63, 3.8) is 0 Å². The molecule has 1 saturated heterocycles. The van der Waals surface area contributed by atoms with Gasteiger partial charge in [-0.25, -0.2) is 4.79 Å². The van der Waals surface area contributed by atoms with E-state index in [0.29, 0.717) is 41.4 Å². The molecule has 0 saturated carbocycles. The fourth-order valence-electron chi connectivity index (χ4n) is 3.27. The average molecular weight is 439 g/mol. The third-order valence-corrected chi connectivity index (χ3v) is 6.97. The van der Waals surface area contributed by atoms with Crippen LogP contribution in [-0.4, -0.2) is 50.3 Å². The topological polar surface area (TPSA) is 76.2 Å². The minimum absolute atomic E-state index is 0.105. The van der Waals surface area contributed by atoms with Gasteiger partial charge < -0.3 is 9.47 Å². The van der Waals surface area contributed by atoms with Gasteiger partial charge in [-0.2, -0.15) is 17.0 Å². The van der Waals surface area contributed by atoms with Crippen molar-refractivity contribution in [2.45, 2.75) is 19.5 Å². The Morgan fingerprint density at radius 3 is 2.31 bits per heavy atom. The number of nitrogens with zero attached hydrogens (tertiary/aromatic N) is 2. The summed E-state index contributed by atoms with van der Waals surface area (Å²) in [5, 5.41) is 0.606. The monoisotopic (exact) mass is 438 g/mol. The second-order valence-electron chi connectivity index (χ2n) is 6.67. The van der Waals surface area contributed by atoms with Gasteiger partial charge in [0.1, 0.15) is 5.75 Å². The van der Waals surface area contributed by atoms with Crippen molar-refractivity contribution >= 4 is 27.8 Å². The molecule has 7 nitrogen and oxygen atoms in total. The lowest BCUT2D eigenvalue weighted by molar-refractivity contribution is 0.0600. The van der Waals surface area contributed by atoms with E-state index in [0.717, 1.165) is 5.56 Å². The van der Waals surface area contributed by atoms with Crippen molar-refractivity contribution in [2.75, 3.05) is 27.3 Å². The van der Waals surface area contributed by atoms with Crippen molar-refractivity contribution in [1.82, 2.24) is 8.61 Å². The Hall–Kier alpha value is -2.13. The Bertz CT molecular complexity index is 979. The van der Waals surface area contributed by atoms with Gasteiger partial charge in [0.05, 0.1) is 19.8 Å². The molecule has 0 unspecified atom stereocenters. The highest BCUT2D eigenvalue weighted by atomic mass is 35.5. The summed E-state index contributed by atoms with van der Waals surface area (Å²) < 4.78 is 39.3. The normalized spacial score (nSPS) is 17.1. The van der Waals surface area contributed by atoms with E-state index in [4.69, 9.17) is 21.1 Å². The van der Waals surface area contributed by atoms with Gasteiger partial charge in [0.15, 0.2) is 0 Å². The number of rotatable bonds is 6. The lowest BCUT2D eigenvalue weighted by Crippen LogP contribution is -2.48. The highest BCUT2D eigenvalue weighted by Gasteiger charge is 2.34. The zero-order chi connectivity index (χ0) is 21.0. The lowest BCUT2D eigenvalue weighted by atomic mass is 10.1. The zero-order valence-electron chi connectivity index (χ0n) is 16.3. The third-order valence-electron chi connectivity index (χ3n) is 4.79. The fraction of sp³-hybridized carbons (Fsp3) is 0.350. The van der Waals surface area contributed by atoms with Crippen LogP contribution in [0.4, 0.5) is 0 Å². The Balaban J connectivity index is 1.83. The van der Waals surface area contributed by atoms with Gasteiger partial charge in [-0.05, 0) is 42.3 Å². The molecule has 0 N–H and O–H groups in total. The van der Waals surface area contributed by atoms with Crippen LogP contribution in [-0.2, 0) is 28.0 Å². The molecule has 0 amide bonds. The fourth-order valence-corrected chi connectivity index (χ4v) is 5.06. The number of carbonyl (C=O) groups is 1. The summed E-state index contributed by atoms with van der Waals surface area (Å²) in [5.41, 5.74) is 1.81. The first-order valence-electron chi connectivity index (χ1n) is 9.10. The molecule has 1 aliphatic rings. The highest BCUT2D eigenvalue weighted by Crippen LogP contribution is 2.27. The highest BCUT2D eigenvalue weighted by molar-refractivity contribution is 7.86. The number of ether oxygens (including phenoxy) is 2. The van der Waals surface area contributed by atoms with Crippen molar-refractivity contribution < 1.29 is 22.7 Å². The van der Waals surface area contributed by atoms with E-state index < -0.39 is 16.2 Å². The number of hydrogen-bond donors (Lipinski definition) is 0. The van der Waals surface area contributed by atoms with E-state index in [2.05, 4.69) is 0 Å². The van der Waals surface area contributed by atoms with E-state index in [-0.39, 0.29) is 13.1 Å². The Morgan fingerprint density at radius 2 is 1.69 bits per heavy atom. The predicted molar refractivity (Wildman–Crippen MR) is 110 cm³/mol. The number of hydrogen-bond acceptors (Lipinski definition) is 5. The van der Waals surface area contributed by atoms with Gasteiger partial charge in [-0.15, -0.1) is 0 Å². The third kappa shape index (κ3) is 4.90. The lowest BCUT2D eigenvalue weighted by Gasteiger charge is -2.35. The minimum atomic E-state index is -3.67. The van der Waals surface area contributed by atoms with Crippen LogP contribution in [0.3, 0.4) is 0 Å². The molecule has 156 valence electrons. The van der Waals surface area contributed by atoms with Crippen LogP contribution in [0.15, 0.2) is 42.5 Å². The predicted octanol–water partition coefficient (Wildman–Crippen LogP) is 3.09. The molecular formula is C20H23ClN2O5S. The van der Waals surface area contributed by atoms with Crippen LogP contribution in [0.2, 0.25) is 5.02 Å². The molecule has 0 aliphatic carbocycles. The summed E-state index contributed by atoms with van der Waals surface area (Å²) in [6.45, 7) is 1.22. The zero-order valence-corrected chi connectivity index (χ0v) is 17.9. The molecule has 9 heteroatoms. The van der Waals surface area contributed by atoms with E-state index in [9.17, 15) is 13.2 Å². The maximum absolute atomic E-state index is 13.2. The SMILES string of the molecule is COC(=O)c1ccc(OC)c(CN2CCCN(Cc3ccc(Cl)cc3)S2(=O)=O)c1. The molecule has 2 aromatic rings. The summed E-state index contributed by atoms with van der Waals surface area (Å²) in [6.07, 6.45) is 0.700. The molecule has 2 aromatic carbocycles. The van der Waals surface area contributed by atoms with Crippen LogP contribution >= 0.6 is 11.6 Å². The number of methoxy groups -OCH3 is 2. The summed E-state index contributed by atoms with van der Waals surface area (Å²) in [4.78, 5) is 11.9. The molecule has 0 bridgehead atoms. The second kappa shape index (κ2) is 9.13. The second-order valence-corrected chi connectivity index (χ2v) is 9.04. The van der Waals surface area contributed by atoms with Gasteiger partial charge in [0.2, 0.25) is 0 Å². The Labute approximate surface area is 176 Å².